The summed E-state index contributed by atoms with van der Waals surface area (Å²) in [6, 6.07) is 13.4. The number of nitrogens with one attached hydrogen (secondary N) is 3. The van der Waals surface area contributed by atoms with Crippen molar-refractivity contribution in [3.63, 3.8) is 0 Å². The molecule has 0 aliphatic carbocycles. The average Bonchev–Trinajstić information content (AvgIpc) is 3.43. The predicted octanol–water partition coefficient (Wildman–Crippen LogP) is 4.36. The lowest BCUT2D eigenvalue weighted by Gasteiger charge is -2.28. The van der Waals surface area contributed by atoms with Gasteiger partial charge in [-0.15, -0.1) is 0 Å². The molecule has 10 heteroatoms. The second-order valence-electron chi connectivity index (χ2n) is 10.1. The van der Waals surface area contributed by atoms with E-state index in [1.54, 1.807) is 37.1 Å². The quantitative estimate of drug-likeness (QED) is 0.238. The number of para-hydroxylation sites is 1. The number of nitrogens with zero attached hydrogens (tertiary/aromatic N) is 5. The molecule has 5 aromatic rings. The molecule has 0 radical (unpaired) electrons. The van der Waals surface area contributed by atoms with Crippen LogP contribution in [-0.4, -0.2) is 61.6 Å². The van der Waals surface area contributed by atoms with Gasteiger partial charge in [-0.3, -0.25) is 20.2 Å². The van der Waals surface area contributed by atoms with E-state index in [0.717, 1.165) is 59.2 Å². The Morgan fingerprint density at radius 1 is 1.02 bits per heavy atom. The van der Waals surface area contributed by atoms with Crippen LogP contribution in [0.3, 0.4) is 0 Å². The standard InChI is InChI=1S/C30H29N9O/c1-39-10-7-18(8-11-39)30(40)36-22-12-20(15-34-17-22)21-13-24(28(32)35-16-21)26(31)29-37-25-6-2-5-23(27(25)38-29)19-4-3-9-33-14-19/h2-6,9,12-18,31H,7-8,10-11H2,1H3,(H2,32,35)(H,36,40)(H,37,38). The largest absolute Gasteiger partial charge is 0.383 e. The summed E-state index contributed by atoms with van der Waals surface area (Å²) in [5.74, 6) is 0.615. The van der Waals surface area contributed by atoms with Crippen molar-refractivity contribution in [3.05, 3.63) is 84.8 Å². The zero-order valence-corrected chi connectivity index (χ0v) is 22.1. The van der Waals surface area contributed by atoms with Gasteiger partial charge in [-0.25, -0.2) is 9.97 Å². The number of nitrogens with two attached hydrogens (primary N) is 1. The summed E-state index contributed by atoms with van der Waals surface area (Å²) in [7, 11) is 2.07. The Morgan fingerprint density at radius 2 is 1.82 bits per heavy atom. The van der Waals surface area contributed by atoms with E-state index >= 15 is 0 Å². The third-order valence-electron chi connectivity index (χ3n) is 7.34. The highest BCUT2D eigenvalue weighted by Crippen LogP contribution is 2.29. The molecule has 1 aliphatic heterocycles. The number of H-pyrrole nitrogens is 1. The van der Waals surface area contributed by atoms with Crippen LogP contribution in [0.1, 0.15) is 24.2 Å². The minimum absolute atomic E-state index is 0.00685. The van der Waals surface area contributed by atoms with Gasteiger partial charge in [-0.2, -0.15) is 0 Å². The number of carbonyl (C=O) groups excluding carboxylic acids is 1. The van der Waals surface area contributed by atoms with Crippen LogP contribution in [0.15, 0.2) is 73.4 Å². The maximum Gasteiger partial charge on any atom is 0.227 e. The average molecular weight is 532 g/mol. The van der Waals surface area contributed by atoms with E-state index in [1.807, 2.05) is 36.4 Å². The number of fused-ring (bicyclic) bond motifs is 1. The van der Waals surface area contributed by atoms with Crippen LogP contribution in [0.5, 0.6) is 0 Å². The second-order valence-corrected chi connectivity index (χ2v) is 10.1. The molecule has 5 heterocycles. The second kappa shape index (κ2) is 10.7. The molecule has 0 unspecified atom stereocenters. The van der Waals surface area contributed by atoms with Gasteiger partial charge in [0.05, 0.1) is 22.9 Å². The van der Waals surface area contributed by atoms with E-state index in [-0.39, 0.29) is 23.4 Å². The molecule has 200 valence electrons. The number of imidazole rings is 1. The molecule has 1 saturated heterocycles. The molecule has 0 spiro atoms. The van der Waals surface area contributed by atoms with Crippen LogP contribution < -0.4 is 11.1 Å². The summed E-state index contributed by atoms with van der Waals surface area (Å²) in [6.07, 6.45) is 10.2. The van der Waals surface area contributed by atoms with E-state index < -0.39 is 0 Å². The van der Waals surface area contributed by atoms with Gasteiger partial charge in [0.25, 0.3) is 0 Å². The van der Waals surface area contributed by atoms with Crippen LogP contribution in [0.4, 0.5) is 11.5 Å². The number of anilines is 2. The van der Waals surface area contributed by atoms with Gasteiger partial charge >= 0.3 is 0 Å². The van der Waals surface area contributed by atoms with Crippen LogP contribution >= 0.6 is 0 Å². The number of amides is 1. The number of benzene rings is 1. The van der Waals surface area contributed by atoms with Crippen LogP contribution in [-0.2, 0) is 4.79 Å². The van der Waals surface area contributed by atoms with Gasteiger partial charge in [-0.1, -0.05) is 18.2 Å². The smallest absolute Gasteiger partial charge is 0.227 e. The number of aromatic nitrogens is 5. The molecule has 1 fully saturated rings. The van der Waals surface area contributed by atoms with Gasteiger partial charge in [0.1, 0.15) is 11.5 Å². The molecule has 1 aliphatic rings. The molecular weight excluding hydrogens is 502 g/mol. The monoisotopic (exact) mass is 531 g/mol. The molecule has 6 rings (SSSR count). The van der Waals surface area contributed by atoms with E-state index in [0.29, 0.717) is 17.1 Å². The van der Waals surface area contributed by atoms with E-state index in [4.69, 9.17) is 16.1 Å². The lowest BCUT2D eigenvalue weighted by Crippen LogP contribution is -2.35. The molecule has 0 atom stereocenters. The first-order valence-electron chi connectivity index (χ1n) is 13.1. The zero-order chi connectivity index (χ0) is 27.6. The number of carbonyl (C=O) groups is 1. The van der Waals surface area contributed by atoms with Crippen molar-refractivity contribution >= 4 is 34.2 Å². The lowest BCUT2D eigenvalue weighted by atomic mass is 9.96. The van der Waals surface area contributed by atoms with Crippen molar-refractivity contribution in [2.75, 3.05) is 31.2 Å². The van der Waals surface area contributed by atoms with Crippen molar-refractivity contribution in [1.82, 2.24) is 29.8 Å². The van der Waals surface area contributed by atoms with Crippen LogP contribution in [0, 0.1) is 11.3 Å². The summed E-state index contributed by atoms with van der Waals surface area (Å²) in [4.78, 5) is 36.0. The number of aromatic amines is 1. The SMILES string of the molecule is CN1CCC(C(=O)Nc2cncc(-c3cnc(N)c(C(=N)c4nc5c(-c6cccnc6)cccc5[nH]4)c3)c2)CC1. The van der Waals surface area contributed by atoms with Crippen molar-refractivity contribution in [2.24, 2.45) is 5.92 Å². The van der Waals surface area contributed by atoms with Crippen molar-refractivity contribution in [3.8, 4) is 22.3 Å². The molecule has 40 heavy (non-hydrogen) atoms. The lowest BCUT2D eigenvalue weighted by molar-refractivity contribution is -0.121. The Balaban J connectivity index is 1.27. The van der Waals surface area contributed by atoms with Gasteiger partial charge < -0.3 is 20.9 Å². The summed E-state index contributed by atoms with van der Waals surface area (Å²) in [5.41, 5.74) is 12.3. The molecule has 1 amide bonds. The van der Waals surface area contributed by atoms with Gasteiger partial charge in [-0.05, 0) is 57.2 Å². The molecule has 10 nitrogen and oxygen atoms in total. The molecule has 1 aromatic carbocycles. The number of pyridine rings is 3. The Kier molecular flexibility index (Phi) is 6.75. The van der Waals surface area contributed by atoms with Gasteiger partial charge in [0, 0.05) is 58.5 Å². The molecule has 5 N–H and O–H groups in total. The Hall–Kier alpha value is -4.96. The third-order valence-corrected chi connectivity index (χ3v) is 7.34. The van der Waals surface area contributed by atoms with Crippen LogP contribution in [0.2, 0.25) is 0 Å². The predicted molar refractivity (Wildman–Crippen MR) is 156 cm³/mol. The highest BCUT2D eigenvalue weighted by molar-refractivity contribution is 6.13. The fourth-order valence-electron chi connectivity index (χ4n) is 5.05. The fraction of sp³-hybridized carbons (Fsp3) is 0.200. The zero-order valence-electron chi connectivity index (χ0n) is 22.1. The normalized spacial score (nSPS) is 14.3. The first-order valence-corrected chi connectivity index (χ1v) is 13.1. The molecule has 4 aromatic heterocycles. The Morgan fingerprint density at radius 3 is 2.62 bits per heavy atom. The maximum atomic E-state index is 12.8. The number of nitrogen functional groups attached to an aromatic ring is 1. The minimum atomic E-state index is -0.00685. The number of hydrogen-bond acceptors (Lipinski definition) is 8. The number of rotatable bonds is 6. The fourth-order valence-corrected chi connectivity index (χ4v) is 5.05. The van der Waals surface area contributed by atoms with Crippen LogP contribution in [0.25, 0.3) is 33.3 Å². The molecule has 0 saturated carbocycles. The number of hydrogen-bond donors (Lipinski definition) is 4. The minimum Gasteiger partial charge on any atom is -0.383 e. The van der Waals surface area contributed by atoms with Crippen molar-refractivity contribution in [2.45, 2.75) is 12.8 Å². The topological polar surface area (TPSA) is 150 Å². The van der Waals surface area contributed by atoms with E-state index in [1.165, 1.54) is 0 Å². The van der Waals surface area contributed by atoms with E-state index in [9.17, 15) is 4.79 Å². The number of piperidine rings is 1. The van der Waals surface area contributed by atoms with Gasteiger partial charge in [0.15, 0.2) is 5.82 Å². The van der Waals surface area contributed by atoms with Crippen molar-refractivity contribution < 1.29 is 4.79 Å². The Labute approximate surface area is 231 Å². The number of likely N-dealkylation sites (tertiary alicyclic amines) is 1. The third kappa shape index (κ3) is 5.04. The summed E-state index contributed by atoms with van der Waals surface area (Å²) < 4.78 is 0. The molecule has 0 bridgehead atoms. The maximum absolute atomic E-state index is 12.8. The highest BCUT2D eigenvalue weighted by atomic mass is 16.1. The van der Waals surface area contributed by atoms with Crippen molar-refractivity contribution in [1.29, 1.82) is 5.41 Å². The summed E-state index contributed by atoms with van der Waals surface area (Å²) in [5, 5.41) is 12.0. The summed E-state index contributed by atoms with van der Waals surface area (Å²) >= 11 is 0. The highest BCUT2D eigenvalue weighted by Gasteiger charge is 2.23. The van der Waals surface area contributed by atoms with Gasteiger partial charge in [0.2, 0.25) is 5.91 Å². The molecular formula is C30H29N9O. The first kappa shape index (κ1) is 25.3. The Bertz CT molecular complexity index is 1710. The first-order chi connectivity index (χ1) is 19.5. The van der Waals surface area contributed by atoms with E-state index in [2.05, 4.69) is 37.2 Å². The summed E-state index contributed by atoms with van der Waals surface area (Å²) in [6.45, 7) is 1.83.